The summed E-state index contributed by atoms with van der Waals surface area (Å²) in [6.45, 7) is 8.76. The summed E-state index contributed by atoms with van der Waals surface area (Å²) < 4.78 is 19.6. The van der Waals surface area contributed by atoms with Crippen molar-refractivity contribution in [3.63, 3.8) is 0 Å². The number of thiazole rings is 1. The molecule has 1 aliphatic rings. The van der Waals surface area contributed by atoms with Crippen LogP contribution in [0.25, 0.3) is 32.8 Å². The van der Waals surface area contributed by atoms with E-state index in [1.54, 1.807) is 68.0 Å². The largest absolute Gasteiger partial charge is 0.507 e. The van der Waals surface area contributed by atoms with Crippen LogP contribution in [0.4, 0.5) is 10.2 Å². The number of rotatable bonds is 11. The van der Waals surface area contributed by atoms with Gasteiger partial charge >= 0.3 is 0 Å². The molecule has 0 unspecified atom stereocenters. The second-order valence-electron chi connectivity index (χ2n) is 14.9. The van der Waals surface area contributed by atoms with E-state index in [0.717, 1.165) is 33.8 Å². The van der Waals surface area contributed by atoms with E-state index < -0.39 is 53.7 Å². The molecule has 2 aromatic heterocycles. The van der Waals surface area contributed by atoms with Gasteiger partial charge in [0.05, 0.1) is 33.9 Å². The number of likely N-dealkylation sites (tertiary alicyclic amines) is 1. The summed E-state index contributed by atoms with van der Waals surface area (Å²) in [5, 5.41) is 34.6. The molecule has 3 amide bonds. The molecule has 0 radical (unpaired) electrons. The lowest BCUT2D eigenvalue weighted by Crippen LogP contribution is -2.58. The lowest BCUT2D eigenvalue weighted by Gasteiger charge is -2.35. The number of benzene rings is 3. The number of hydrogen-bond acceptors (Lipinski definition) is 11. The van der Waals surface area contributed by atoms with E-state index in [1.165, 1.54) is 11.0 Å². The molecular formula is C41H44FN7O6S. The van der Waals surface area contributed by atoms with Gasteiger partial charge in [-0.1, -0.05) is 57.2 Å². The topological polar surface area (TPSA) is 193 Å². The maximum absolute atomic E-state index is 14.1. The Balaban J connectivity index is 1.08. The molecular weight excluding hydrogens is 738 g/mol. The molecule has 1 aliphatic heterocycles. The van der Waals surface area contributed by atoms with Crippen molar-refractivity contribution in [3.8, 4) is 44.3 Å². The van der Waals surface area contributed by atoms with Crippen LogP contribution in [0.1, 0.15) is 51.4 Å². The van der Waals surface area contributed by atoms with Gasteiger partial charge < -0.3 is 36.2 Å². The number of ether oxygens (including phenoxy) is 1. The highest BCUT2D eigenvalue weighted by molar-refractivity contribution is 7.13. The Bertz CT molecular complexity index is 2230. The van der Waals surface area contributed by atoms with Crippen molar-refractivity contribution in [3.05, 3.63) is 95.4 Å². The van der Waals surface area contributed by atoms with Crippen molar-refractivity contribution in [1.82, 2.24) is 30.7 Å². The number of aryl methyl sites for hydroxylation is 1. The van der Waals surface area contributed by atoms with Crippen LogP contribution < -0.4 is 21.1 Å². The number of nitrogens with two attached hydrogens (primary N) is 1. The molecule has 3 aromatic carbocycles. The Morgan fingerprint density at radius 2 is 1.70 bits per heavy atom. The highest BCUT2D eigenvalue weighted by Gasteiger charge is 2.44. The Kier molecular flexibility index (Phi) is 11.7. The number of carbonyl (C=O) groups is 3. The van der Waals surface area contributed by atoms with Gasteiger partial charge in [0.25, 0.3) is 5.91 Å². The minimum Gasteiger partial charge on any atom is -0.507 e. The summed E-state index contributed by atoms with van der Waals surface area (Å²) in [5.41, 5.74) is 11.5. The molecule has 1 fully saturated rings. The van der Waals surface area contributed by atoms with Crippen molar-refractivity contribution in [2.75, 3.05) is 18.9 Å². The average Bonchev–Trinajstić information content (AvgIpc) is 3.79. The molecule has 15 heteroatoms. The van der Waals surface area contributed by atoms with Crippen LogP contribution in [0.5, 0.6) is 11.5 Å². The van der Waals surface area contributed by atoms with Crippen LogP contribution >= 0.6 is 11.3 Å². The summed E-state index contributed by atoms with van der Waals surface area (Å²) in [4.78, 5) is 47.7. The zero-order chi connectivity index (χ0) is 40.3. The molecule has 0 bridgehead atoms. The van der Waals surface area contributed by atoms with Crippen molar-refractivity contribution in [2.24, 2.45) is 5.41 Å². The van der Waals surface area contributed by atoms with E-state index in [1.807, 2.05) is 38.1 Å². The third-order valence-electron chi connectivity index (χ3n) is 9.65. The third kappa shape index (κ3) is 8.95. The Morgan fingerprint density at radius 1 is 1.00 bits per heavy atom. The standard InChI is InChI=1S/C41H44FN7O6S/c1-22(24-6-8-26(9-7-24)36-23(2)44-21-56-36)45-39(53)33-17-28(50)19-49(33)40(54)37(41(3,4)5)46-35(52)20-55-29-13-10-25(11-14-29)30-18-32(47-48-38(30)43)31-16-27(42)12-15-34(31)51/h6-16,18,21-22,28,33,37,50-51H,17,19-20H2,1-5H3,(H2,43,48)(H,45,53)(H,46,52)/t22-,28+,33-,37+/m0/s1. The van der Waals surface area contributed by atoms with Gasteiger partial charge in [0.2, 0.25) is 11.8 Å². The number of nitrogen functional groups attached to an aromatic ring is 1. The lowest BCUT2D eigenvalue weighted by atomic mass is 9.85. The molecule has 56 heavy (non-hydrogen) atoms. The molecule has 6 rings (SSSR count). The van der Waals surface area contributed by atoms with Crippen LogP contribution in [-0.2, 0) is 14.4 Å². The Morgan fingerprint density at radius 3 is 2.36 bits per heavy atom. The van der Waals surface area contributed by atoms with Crippen LogP contribution in [-0.4, -0.2) is 79.4 Å². The van der Waals surface area contributed by atoms with Gasteiger partial charge in [0.15, 0.2) is 12.4 Å². The number of phenolic OH excluding ortho intramolecular Hbond substituents is 1. The van der Waals surface area contributed by atoms with Crippen LogP contribution in [0.15, 0.2) is 78.3 Å². The van der Waals surface area contributed by atoms with Gasteiger partial charge in [-0.25, -0.2) is 9.37 Å². The van der Waals surface area contributed by atoms with Gasteiger partial charge in [-0.2, -0.15) is 0 Å². The van der Waals surface area contributed by atoms with Gasteiger partial charge in [-0.15, -0.1) is 21.5 Å². The zero-order valence-corrected chi connectivity index (χ0v) is 32.4. The predicted molar refractivity (Wildman–Crippen MR) is 211 cm³/mol. The fourth-order valence-corrected chi connectivity index (χ4v) is 7.39. The molecule has 1 saturated heterocycles. The number of nitrogens with zero attached hydrogens (tertiary/aromatic N) is 4. The molecule has 0 aliphatic carbocycles. The van der Waals surface area contributed by atoms with Crippen molar-refractivity contribution in [2.45, 2.75) is 65.3 Å². The van der Waals surface area contributed by atoms with Crippen molar-refractivity contribution < 1.29 is 33.7 Å². The van der Waals surface area contributed by atoms with E-state index in [4.69, 9.17) is 10.5 Å². The fourth-order valence-electron chi connectivity index (χ4n) is 6.58. The smallest absolute Gasteiger partial charge is 0.258 e. The summed E-state index contributed by atoms with van der Waals surface area (Å²) in [6.07, 6.45) is -0.846. The number of anilines is 1. The zero-order valence-electron chi connectivity index (χ0n) is 31.6. The average molecular weight is 782 g/mol. The first-order valence-corrected chi connectivity index (χ1v) is 18.9. The Labute approximate surface area is 327 Å². The minimum atomic E-state index is -1.03. The maximum atomic E-state index is 14.1. The molecule has 6 N–H and O–H groups in total. The highest BCUT2D eigenvalue weighted by atomic mass is 32.1. The number of nitrogens with one attached hydrogen (secondary N) is 2. The summed E-state index contributed by atoms with van der Waals surface area (Å²) in [5.74, 6) is -1.69. The van der Waals surface area contributed by atoms with Gasteiger partial charge in [0, 0.05) is 24.1 Å². The Hall–Kier alpha value is -5.93. The first-order valence-electron chi connectivity index (χ1n) is 18.0. The quantitative estimate of drug-likeness (QED) is 0.116. The number of β-amino-alcohol motifs (C(OH)–C–C–N with tert-alkyl or cyclic N) is 1. The number of hydrogen-bond donors (Lipinski definition) is 5. The predicted octanol–water partition coefficient (Wildman–Crippen LogP) is 5.42. The van der Waals surface area contributed by atoms with Gasteiger partial charge in [-0.3, -0.25) is 14.4 Å². The van der Waals surface area contributed by atoms with Gasteiger partial charge in [0.1, 0.15) is 29.4 Å². The number of aromatic nitrogens is 3. The highest BCUT2D eigenvalue weighted by Crippen LogP contribution is 2.34. The minimum absolute atomic E-state index is 0.0537. The second-order valence-corrected chi connectivity index (χ2v) is 15.7. The van der Waals surface area contributed by atoms with E-state index >= 15 is 0 Å². The molecule has 292 valence electrons. The first-order chi connectivity index (χ1) is 26.6. The van der Waals surface area contributed by atoms with E-state index in [-0.39, 0.29) is 41.8 Å². The molecule has 0 saturated carbocycles. The normalized spacial score (nSPS) is 16.6. The molecule has 3 heterocycles. The van der Waals surface area contributed by atoms with Crippen LogP contribution in [0.3, 0.4) is 0 Å². The van der Waals surface area contributed by atoms with E-state index in [0.29, 0.717) is 16.9 Å². The maximum Gasteiger partial charge on any atom is 0.258 e. The van der Waals surface area contributed by atoms with Crippen molar-refractivity contribution in [1.29, 1.82) is 0 Å². The van der Waals surface area contributed by atoms with Gasteiger partial charge in [-0.05, 0) is 72.4 Å². The fraction of sp³-hybridized carbons (Fsp3) is 0.317. The van der Waals surface area contributed by atoms with E-state index in [9.17, 15) is 29.0 Å². The van der Waals surface area contributed by atoms with E-state index in [2.05, 4.69) is 25.8 Å². The summed E-state index contributed by atoms with van der Waals surface area (Å²) in [7, 11) is 0. The molecule has 13 nitrogen and oxygen atoms in total. The number of aliphatic hydroxyl groups excluding tert-OH is 1. The number of halogens is 1. The first kappa shape index (κ1) is 39.8. The third-order valence-corrected chi connectivity index (χ3v) is 10.6. The molecule has 4 atom stereocenters. The number of aliphatic hydroxyl groups is 1. The number of aromatic hydroxyl groups is 1. The van der Waals surface area contributed by atoms with Crippen molar-refractivity contribution >= 4 is 34.9 Å². The summed E-state index contributed by atoms with van der Waals surface area (Å²) in [6, 6.07) is 17.3. The van der Waals surface area contributed by atoms with Crippen LogP contribution in [0, 0.1) is 18.2 Å². The molecule has 5 aromatic rings. The number of carbonyl (C=O) groups excluding carboxylic acids is 3. The number of phenols is 1. The van der Waals surface area contributed by atoms with Crippen LogP contribution in [0.2, 0.25) is 0 Å². The number of amides is 3. The molecule has 0 spiro atoms. The lowest BCUT2D eigenvalue weighted by molar-refractivity contribution is -0.144. The summed E-state index contributed by atoms with van der Waals surface area (Å²) >= 11 is 1.56. The SMILES string of the molecule is Cc1ncsc1-c1ccc([C@H](C)NC(=O)[C@@H]2C[C@@H](O)CN2C(=O)[C@@H](NC(=O)COc2ccc(-c3cc(-c4cc(F)ccc4O)nnc3N)cc2)C(C)(C)C)cc1. The second kappa shape index (κ2) is 16.4. The monoisotopic (exact) mass is 781 g/mol.